The molecule has 6 rings (SSSR count). The van der Waals surface area contributed by atoms with Gasteiger partial charge in [-0.1, -0.05) is 147 Å². The number of aryl methyl sites for hydroxylation is 1. The fraction of sp³-hybridized carbons (Fsp3) is 0.344. The van der Waals surface area contributed by atoms with Crippen molar-refractivity contribution in [2.75, 3.05) is 4.90 Å². The number of anilines is 2. The molecule has 2 atom stereocenters. The van der Waals surface area contributed by atoms with Crippen LogP contribution in [0.5, 0.6) is 0 Å². The molecular formula is C61H71NS. The van der Waals surface area contributed by atoms with Gasteiger partial charge in [0.05, 0.1) is 0 Å². The number of nitrogens with zero attached hydrogens (tertiary/aromatic N) is 1. The highest BCUT2D eigenvalue weighted by Crippen LogP contribution is 2.57. The topological polar surface area (TPSA) is 3.24 Å². The molecule has 1 aliphatic carbocycles. The van der Waals surface area contributed by atoms with Crippen LogP contribution in [0.15, 0.2) is 167 Å². The number of rotatable bonds is 15. The Morgan fingerprint density at radius 2 is 1.67 bits per heavy atom. The van der Waals surface area contributed by atoms with Crippen molar-refractivity contribution in [3.05, 3.63) is 201 Å². The summed E-state index contributed by atoms with van der Waals surface area (Å²) >= 11 is 2.02. The summed E-state index contributed by atoms with van der Waals surface area (Å²) in [6.45, 7) is 23.4. The molecule has 326 valence electrons. The second kappa shape index (κ2) is 21.4. The highest BCUT2D eigenvalue weighted by atomic mass is 32.2. The van der Waals surface area contributed by atoms with E-state index in [1.165, 1.54) is 83.1 Å². The smallest absolute Gasteiger partial charge is 0.0484 e. The van der Waals surface area contributed by atoms with Crippen molar-refractivity contribution in [1.82, 2.24) is 0 Å². The van der Waals surface area contributed by atoms with E-state index in [-0.39, 0.29) is 10.8 Å². The molecule has 0 bridgehead atoms. The Kier molecular flexibility index (Phi) is 16.1. The van der Waals surface area contributed by atoms with Crippen LogP contribution in [0.3, 0.4) is 0 Å². The van der Waals surface area contributed by atoms with E-state index >= 15 is 0 Å². The summed E-state index contributed by atoms with van der Waals surface area (Å²) in [6.07, 6.45) is 33.1. The van der Waals surface area contributed by atoms with Gasteiger partial charge in [0.1, 0.15) is 0 Å². The Hall–Kier alpha value is -5.23. The van der Waals surface area contributed by atoms with Gasteiger partial charge in [-0.2, -0.15) is 0 Å². The lowest BCUT2D eigenvalue weighted by molar-refractivity contribution is 0.474. The normalized spacial score (nSPS) is 19.6. The average Bonchev–Trinajstić information content (AvgIpc) is 3.26. The zero-order valence-corrected chi connectivity index (χ0v) is 40.8. The molecule has 0 saturated heterocycles. The predicted octanol–water partition coefficient (Wildman–Crippen LogP) is 17.0. The van der Waals surface area contributed by atoms with Crippen LogP contribution in [0.25, 0.3) is 5.57 Å². The molecule has 1 heterocycles. The quantitative estimate of drug-likeness (QED) is 0.0666. The molecule has 0 aromatic heterocycles. The van der Waals surface area contributed by atoms with Crippen molar-refractivity contribution in [2.45, 2.75) is 142 Å². The Balaban J connectivity index is 1.53. The molecule has 1 aliphatic heterocycles. The highest BCUT2D eigenvalue weighted by molar-refractivity contribution is 8.00. The van der Waals surface area contributed by atoms with Gasteiger partial charge < -0.3 is 4.90 Å². The van der Waals surface area contributed by atoms with Gasteiger partial charge in [0.2, 0.25) is 0 Å². The zero-order valence-electron chi connectivity index (χ0n) is 39.9. The third-order valence-electron chi connectivity index (χ3n) is 13.3. The van der Waals surface area contributed by atoms with Crippen LogP contribution in [-0.4, -0.2) is 5.25 Å². The number of hydrogen-bond acceptors (Lipinski definition) is 2. The second-order valence-corrected chi connectivity index (χ2v) is 19.9. The first-order chi connectivity index (χ1) is 30.4. The van der Waals surface area contributed by atoms with Gasteiger partial charge in [0.15, 0.2) is 0 Å². The molecule has 0 fully saturated rings. The maximum absolute atomic E-state index is 5.81. The first kappa shape index (κ1) is 47.3. The third kappa shape index (κ3) is 10.9. The number of fused-ring (bicyclic) bond motifs is 3. The van der Waals surface area contributed by atoms with Gasteiger partial charge in [-0.15, -0.1) is 18.2 Å². The summed E-state index contributed by atoms with van der Waals surface area (Å²) in [4.78, 5) is 3.99. The van der Waals surface area contributed by atoms with Crippen LogP contribution >= 0.6 is 11.8 Å². The fourth-order valence-corrected chi connectivity index (χ4v) is 11.5. The summed E-state index contributed by atoms with van der Waals surface area (Å²) in [5.41, 5.74) is 18.8. The summed E-state index contributed by atoms with van der Waals surface area (Å²) in [5, 5.41) is 0.358. The van der Waals surface area contributed by atoms with Gasteiger partial charge in [0, 0.05) is 33.5 Å². The molecule has 2 heteroatoms. The number of terminal acetylenes is 1. The summed E-state index contributed by atoms with van der Waals surface area (Å²) in [6, 6.07) is 32.7. The Morgan fingerprint density at radius 3 is 2.40 bits per heavy atom. The van der Waals surface area contributed by atoms with Crippen molar-refractivity contribution >= 4 is 28.7 Å². The highest BCUT2D eigenvalue weighted by Gasteiger charge is 2.47. The molecule has 0 amide bonds. The molecule has 1 nitrogen and oxygen atoms in total. The third-order valence-corrected chi connectivity index (χ3v) is 14.6. The molecule has 4 aromatic rings. The Labute approximate surface area is 386 Å². The Bertz CT molecular complexity index is 2520. The van der Waals surface area contributed by atoms with Crippen molar-refractivity contribution in [3.63, 3.8) is 0 Å². The van der Waals surface area contributed by atoms with Crippen molar-refractivity contribution in [3.8, 4) is 12.3 Å². The van der Waals surface area contributed by atoms with Crippen molar-refractivity contribution in [1.29, 1.82) is 0 Å². The number of allylic oxidation sites excluding steroid dienone is 13. The standard InChI is InChI=1S/C61H71NS/c1-12-17-18-32-56-47(9)63-59-36-35-54(39-58(59)61(56)41-49(16-5)55-31-22-21-29-51(55)42-61)62(43-52-30-20-19-27-46(52)8)53-34-33-50(37-44(6)24-13-2)57(38-53)60(10,11)40-45(7)26-23-28-48(15-4)25-14-3/h2,14-22,24-27,29-36,38-39,47H,12,23,28,37,40-43H2,1,3-11H3/b18-17-,25-14-,44-24+,45-26+,48-15+,49-16+,56-32+. The van der Waals surface area contributed by atoms with Crippen LogP contribution in [0.1, 0.15) is 133 Å². The summed E-state index contributed by atoms with van der Waals surface area (Å²) in [7, 11) is 0. The van der Waals surface area contributed by atoms with Gasteiger partial charge in [-0.3, -0.25) is 0 Å². The van der Waals surface area contributed by atoms with E-state index in [0.29, 0.717) is 5.25 Å². The van der Waals surface area contributed by atoms with Gasteiger partial charge >= 0.3 is 0 Å². The van der Waals surface area contributed by atoms with E-state index in [4.69, 9.17) is 6.42 Å². The number of thioether (sulfide) groups is 1. The van der Waals surface area contributed by atoms with Crippen LogP contribution in [0.2, 0.25) is 0 Å². The molecule has 4 aromatic carbocycles. The van der Waals surface area contributed by atoms with Gasteiger partial charge in [-0.05, 0) is 185 Å². The largest absolute Gasteiger partial charge is 0.337 e. The SMILES string of the molecule is C#C/C=C(\C)Cc1ccc(N(Cc2ccccc2C)c2ccc3c(c2)C2(C/C(=C\C)c4ccccc4C2)/C(=C/C=C\CC)C(C)S3)cc1C(C)(C)C/C(C)=C/CCC(/C=C\C)=C/C. The number of hydrogen-bond donors (Lipinski definition) is 0. The van der Waals surface area contributed by atoms with Crippen LogP contribution in [-0.2, 0) is 30.2 Å². The molecular weight excluding hydrogens is 779 g/mol. The van der Waals surface area contributed by atoms with E-state index in [0.717, 1.165) is 51.5 Å². The van der Waals surface area contributed by atoms with Crippen molar-refractivity contribution < 1.29 is 0 Å². The lowest BCUT2D eigenvalue weighted by Crippen LogP contribution is -2.41. The fourth-order valence-electron chi connectivity index (χ4n) is 10.2. The predicted molar refractivity (Wildman–Crippen MR) is 278 cm³/mol. The zero-order chi connectivity index (χ0) is 45.1. The van der Waals surface area contributed by atoms with Crippen molar-refractivity contribution in [2.24, 2.45) is 0 Å². The Morgan fingerprint density at radius 1 is 0.921 bits per heavy atom. The lowest BCUT2D eigenvalue weighted by atomic mass is 9.61. The first-order valence-corrected chi connectivity index (χ1v) is 24.2. The maximum Gasteiger partial charge on any atom is 0.0484 e. The monoisotopic (exact) mass is 850 g/mol. The molecule has 0 saturated carbocycles. The van der Waals surface area contributed by atoms with Crippen LogP contribution in [0.4, 0.5) is 11.4 Å². The number of benzene rings is 4. The summed E-state index contributed by atoms with van der Waals surface area (Å²) in [5.74, 6) is 2.79. The summed E-state index contributed by atoms with van der Waals surface area (Å²) < 4.78 is 0. The van der Waals surface area contributed by atoms with Gasteiger partial charge in [-0.25, -0.2) is 0 Å². The molecule has 2 unspecified atom stereocenters. The van der Waals surface area contributed by atoms with Crippen LogP contribution in [0, 0.1) is 19.3 Å². The lowest BCUT2D eigenvalue weighted by Gasteiger charge is -2.48. The molecule has 63 heavy (non-hydrogen) atoms. The van der Waals surface area contributed by atoms with Gasteiger partial charge in [0.25, 0.3) is 0 Å². The molecule has 0 radical (unpaired) electrons. The minimum Gasteiger partial charge on any atom is -0.337 e. The van der Waals surface area contributed by atoms with Crippen LogP contribution < -0.4 is 4.90 Å². The van der Waals surface area contributed by atoms with E-state index in [9.17, 15) is 0 Å². The van der Waals surface area contributed by atoms with E-state index in [1.807, 2.05) is 17.8 Å². The molecule has 0 N–H and O–H groups in total. The van der Waals surface area contributed by atoms with E-state index in [2.05, 4.69) is 214 Å². The second-order valence-electron chi connectivity index (χ2n) is 18.5. The molecule has 2 aliphatic rings. The van der Waals surface area contributed by atoms with E-state index in [1.54, 1.807) is 0 Å². The maximum atomic E-state index is 5.81. The minimum absolute atomic E-state index is 0.125. The minimum atomic E-state index is -0.166. The van der Waals surface area contributed by atoms with E-state index < -0.39 is 0 Å². The molecule has 1 spiro atoms. The average molecular weight is 850 g/mol. The first-order valence-electron chi connectivity index (χ1n) is 23.3.